The molecule has 0 aliphatic rings. The predicted molar refractivity (Wildman–Crippen MR) is 51.4 cm³/mol. The van der Waals surface area contributed by atoms with E-state index in [9.17, 15) is 0 Å². The van der Waals surface area contributed by atoms with Gasteiger partial charge in [0, 0.05) is 20.3 Å². The maximum Gasteiger partial charge on any atom is 0.164 e. The Balaban J connectivity index is 2.17. The largest absolute Gasteiger partial charge is 0.385 e. The summed E-state index contributed by atoms with van der Waals surface area (Å²) < 4.78 is 6.71. The van der Waals surface area contributed by atoms with Gasteiger partial charge in [-0.05, 0) is 29.7 Å². The zero-order valence-corrected chi connectivity index (χ0v) is 8.52. The molecule has 0 spiro atoms. The van der Waals surface area contributed by atoms with Gasteiger partial charge < -0.3 is 10.5 Å². The fourth-order valence-electron chi connectivity index (χ4n) is 1.23. The summed E-state index contributed by atoms with van der Waals surface area (Å²) in [5, 5.41) is 11.2. The van der Waals surface area contributed by atoms with Gasteiger partial charge in [0.05, 0.1) is 6.54 Å². The summed E-state index contributed by atoms with van der Waals surface area (Å²) in [7, 11) is 1.72. The molecule has 1 aromatic heterocycles. The fraction of sp³-hybridized carbons (Fsp3) is 0.875. The third-order valence-corrected chi connectivity index (χ3v) is 2.01. The van der Waals surface area contributed by atoms with Crippen LogP contribution in [-0.4, -0.2) is 33.9 Å². The minimum absolute atomic E-state index is 0.394. The first-order valence-electron chi connectivity index (χ1n) is 4.82. The zero-order valence-electron chi connectivity index (χ0n) is 8.52. The molecule has 0 saturated heterocycles. The van der Waals surface area contributed by atoms with Crippen LogP contribution in [0.1, 0.15) is 25.1 Å². The molecule has 6 heteroatoms. The van der Waals surface area contributed by atoms with Crippen molar-refractivity contribution in [2.75, 3.05) is 13.7 Å². The van der Waals surface area contributed by atoms with E-state index in [1.807, 2.05) is 0 Å². The van der Waals surface area contributed by atoms with E-state index in [-0.39, 0.29) is 0 Å². The van der Waals surface area contributed by atoms with Crippen molar-refractivity contribution in [3.8, 4) is 0 Å². The van der Waals surface area contributed by atoms with Crippen LogP contribution in [0.15, 0.2) is 0 Å². The van der Waals surface area contributed by atoms with Gasteiger partial charge in [-0.1, -0.05) is 0 Å². The molecule has 1 aromatic rings. The molecule has 0 aromatic carbocycles. The van der Waals surface area contributed by atoms with Crippen LogP contribution in [0.2, 0.25) is 0 Å². The molecule has 80 valence electrons. The summed E-state index contributed by atoms with van der Waals surface area (Å²) in [4.78, 5) is 0. The Morgan fingerprint density at radius 3 is 2.93 bits per heavy atom. The Hall–Kier alpha value is -1.01. The van der Waals surface area contributed by atoms with Crippen molar-refractivity contribution >= 4 is 0 Å². The first-order valence-corrected chi connectivity index (χ1v) is 4.82. The Bertz CT molecular complexity index is 250. The smallest absolute Gasteiger partial charge is 0.164 e. The molecule has 0 unspecified atom stereocenters. The number of methoxy groups -OCH3 is 1. The number of aromatic nitrogens is 4. The quantitative estimate of drug-likeness (QED) is 0.623. The van der Waals surface area contributed by atoms with Crippen molar-refractivity contribution in [2.45, 2.75) is 32.4 Å². The van der Waals surface area contributed by atoms with E-state index in [1.165, 1.54) is 0 Å². The van der Waals surface area contributed by atoms with Crippen LogP contribution in [0.4, 0.5) is 0 Å². The number of aryl methyl sites for hydroxylation is 1. The molecule has 0 fully saturated rings. The van der Waals surface area contributed by atoms with Gasteiger partial charge in [-0.2, -0.15) is 0 Å². The van der Waals surface area contributed by atoms with Crippen LogP contribution in [0.5, 0.6) is 0 Å². The molecule has 1 heterocycles. The lowest BCUT2D eigenvalue weighted by atomic mass is 10.2. The van der Waals surface area contributed by atoms with Gasteiger partial charge in [0.25, 0.3) is 0 Å². The third-order valence-electron chi connectivity index (χ3n) is 2.01. The molecule has 0 radical (unpaired) electrons. The van der Waals surface area contributed by atoms with Gasteiger partial charge in [-0.25, -0.2) is 4.68 Å². The van der Waals surface area contributed by atoms with E-state index in [2.05, 4.69) is 15.5 Å². The maximum absolute atomic E-state index is 5.46. The highest BCUT2D eigenvalue weighted by Gasteiger charge is 2.02. The zero-order chi connectivity index (χ0) is 10.2. The highest BCUT2D eigenvalue weighted by atomic mass is 16.5. The normalized spacial score (nSPS) is 10.7. The standard InChI is InChI=1S/C8H17N5O/c1-14-6-4-2-3-5-13-8(7-9)10-11-12-13/h2-7,9H2,1H3. The van der Waals surface area contributed by atoms with Crippen LogP contribution in [0, 0.1) is 0 Å². The van der Waals surface area contributed by atoms with Gasteiger partial charge in [-0.3, -0.25) is 0 Å². The number of hydrogen-bond acceptors (Lipinski definition) is 5. The molecule has 0 saturated carbocycles. The highest BCUT2D eigenvalue weighted by Crippen LogP contribution is 1.99. The Labute approximate surface area is 83.4 Å². The van der Waals surface area contributed by atoms with Crippen molar-refractivity contribution in [3.63, 3.8) is 0 Å². The van der Waals surface area contributed by atoms with E-state index in [4.69, 9.17) is 10.5 Å². The van der Waals surface area contributed by atoms with E-state index in [1.54, 1.807) is 11.8 Å². The summed E-state index contributed by atoms with van der Waals surface area (Å²) in [6.45, 7) is 2.05. The number of nitrogens with two attached hydrogens (primary N) is 1. The third kappa shape index (κ3) is 3.39. The van der Waals surface area contributed by atoms with Crippen LogP contribution in [0.3, 0.4) is 0 Å². The average molecular weight is 199 g/mol. The van der Waals surface area contributed by atoms with Crippen LogP contribution >= 0.6 is 0 Å². The maximum atomic E-state index is 5.46. The van der Waals surface area contributed by atoms with E-state index >= 15 is 0 Å². The molecule has 2 N–H and O–H groups in total. The molecule has 0 atom stereocenters. The molecule has 14 heavy (non-hydrogen) atoms. The fourth-order valence-corrected chi connectivity index (χ4v) is 1.23. The van der Waals surface area contributed by atoms with Gasteiger partial charge in [0.1, 0.15) is 0 Å². The van der Waals surface area contributed by atoms with Crippen LogP contribution in [0.25, 0.3) is 0 Å². The van der Waals surface area contributed by atoms with Crippen molar-refractivity contribution in [1.29, 1.82) is 0 Å². The van der Waals surface area contributed by atoms with Gasteiger partial charge >= 0.3 is 0 Å². The molecule has 0 aliphatic carbocycles. The summed E-state index contributed by atoms with van der Waals surface area (Å²) in [6.07, 6.45) is 3.26. The second-order valence-corrected chi connectivity index (χ2v) is 3.08. The van der Waals surface area contributed by atoms with Crippen molar-refractivity contribution in [2.24, 2.45) is 5.73 Å². The Morgan fingerprint density at radius 1 is 1.36 bits per heavy atom. The van der Waals surface area contributed by atoms with Crippen LogP contribution in [-0.2, 0) is 17.8 Å². The summed E-state index contributed by atoms with van der Waals surface area (Å²) >= 11 is 0. The second kappa shape index (κ2) is 6.44. The monoisotopic (exact) mass is 199 g/mol. The number of nitrogens with zero attached hydrogens (tertiary/aromatic N) is 4. The topological polar surface area (TPSA) is 78.8 Å². The predicted octanol–water partition coefficient (Wildman–Crippen LogP) is -0.0515. The number of tetrazole rings is 1. The lowest BCUT2D eigenvalue weighted by Gasteiger charge is -2.02. The lowest BCUT2D eigenvalue weighted by Crippen LogP contribution is -2.10. The van der Waals surface area contributed by atoms with E-state index in [0.717, 1.165) is 38.2 Å². The molecule has 6 nitrogen and oxygen atoms in total. The summed E-state index contributed by atoms with van der Waals surface area (Å²) in [5.41, 5.74) is 5.46. The number of rotatable bonds is 7. The number of ether oxygens (including phenoxy) is 1. The first-order chi connectivity index (χ1) is 6.88. The second-order valence-electron chi connectivity index (χ2n) is 3.08. The van der Waals surface area contributed by atoms with Crippen LogP contribution < -0.4 is 5.73 Å². The Kier molecular flexibility index (Phi) is 5.09. The van der Waals surface area contributed by atoms with Crippen molar-refractivity contribution < 1.29 is 4.74 Å². The van der Waals surface area contributed by atoms with Crippen molar-refractivity contribution in [1.82, 2.24) is 20.2 Å². The number of hydrogen-bond donors (Lipinski definition) is 1. The van der Waals surface area contributed by atoms with Gasteiger partial charge in [0.15, 0.2) is 5.82 Å². The van der Waals surface area contributed by atoms with E-state index < -0.39 is 0 Å². The minimum atomic E-state index is 0.394. The minimum Gasteiger partial charge on any atom is -0.385 e. The van der Waals surface area contributed by atoms with Crippen molar-refractivity contribution in [3.05, 3.63) is 5.82 Å². The number of unbranched alkanes of at least 4 members (excludes halogenated alkanes) is 2. The SMILES string of the molecule is COCCCCCn1nnnc1CN. The summed E-state index contributed by atoms with van der Waals surface area (Å²) in [6, 6.07) is 0. The lowest BCUT2D eigenvalue weighted by molar-refractivity contribution is 0.191. The van der Waals surface area contributed by atoms with Gasteiger partial charge in [-0.15, -0.1) is 5.10 Å². The molecule has 0 bridgehead atoms. The average Bonchev–Trinajstić information content (AvgIpc) is 2.65. The first kappa shape index (κ1) is 11.1. The van der Waals surface area contributed by atoms with E-state index in [0.29, 0.717) is 6.54 Å². The molecule has 0 amide bonds. The Morgan fingerprint density at radius 2 is 2.21 bits per heavy atom. The molecule has 0 aliphatic heterocycles. The van der Waals surface area contributed by atoms with Gasteiger partial charge in [0.2, 0.25) is 0 Å². The molecular weight excluding hydrogens is 182 g/mol. The molecular formula is C8H17N5O. The summed E-state index contributed by atoms with van der Waals surface area (Å²) in [5.74, 6) is 0.747. The highest BCUT2D eigenvalue weighted by molar-refractivity contribution is 4.77. The molecule has 1 rings (SSSR count).